The second-order valence-corrected chi connectivity index (χ2v) is 6.66. The van der Waals surface area contributed by atoms with E-state index in [2.05, 4.69) is 4.98 Å². The third kappa shape index (κ3) is 4.50. The Morgan fingerprint density at radius 1 is 1.35 bits per heavy atom. The van der Waals surface area contributed by atoms with Crippen LogP contribution in [0.3, 0.4) is 0 Å². The van der Waals surface area contributed by atoms with Crippen molar-refractivity contribution >= 4 is 65.3 Å². The van der Waals surface area contributed by atoms with Gasteiger partial charge in [-0.2, -0.15) is 0 Å². The number of benzene rings is 1. The molecule has 1 saturated heterocycles. The van der Waals surface area contributed by atoms with Gasteiger partial charge in [0.2, 0.25) is 0 Å². The first kappa shape index (κ1) is 20.5. The van der Waals surface area contributed by atoms with Crippen molar-refractivity contribution in [2.24, 2.45) is 5.73 Å². The van der Waals surface area contributed by atoms with E-state index in [-0.39, 0.29) is 36.8 Å². The quantitative estimate of drug-likeness (QED) is 0.803. The zero-order valence-electron chi connectivity index (χ0n) is 11.9. The summed E-state index contributed by atoms with van der Waals surface area (Å²) < 4.78 is 0. The molecule has 2 aromatic rings. The average Bonchev–Trinajstić information content (AvgIpc) is 3.07. The summed E-state index contributed by atoms with van der Waals surface area (Å²) in [5.74, 6) is -0.0736. The van der Waals surface area contributed by atoms with Gasteiger partial charge < -0.3 is 10.6 Å². The number of nitrogens with two attached hydrogens (primary N) is 1. The van der Waals surface area contributed by atoms with Crippen LogP contribution in [0.4, 0.5) is 0 Å². The molecule has 0 saturated carbocycles. The lowest BCUT2D eigenvalue weighted by molar-refractivity contribution is 0.0786. The van der Waals surface area contributed by atoms with E-state index in [1.807, 2.05) is 6.07 Å². The number of hydrogen-bond donors (Lipinski definition) is 1. The molecule has 23 heavy (non-hydrogen) atoms. The van der Waals surface area contributed by atoms with E-state index in [9.17, 15) is 4.79 Å². The third-order valence-corrected chi connectivity index (χ3v) is 4.82. The van der Waals surface area contributed by atoms with Crippen molar-refractivity contribution < 1.29 is 4.79 Å². The normalized spacial score (nSPS) is 16.7. The highest BCUT2D eigenvalue weighted by Gasteiger charge is 2.26. The van der Waals surface area contributed by atoms with E-state index < -0.39 is 0 Å². The number of halogens is 4. The van der Waals surface area contributed by atoms with Gasteiger partial charge in [0.15, 0.2) is 0 Å². The lowest BCUT2D eigenvalue weighted by Gasteiger charge is -2.13. The molecule has 1 aromatic heterocycles. The zero-order valence-corrected chi connectivity index (χ0v) is 15.8. The predicted molar refractivity (Wildman–Crippen MR) is 101 cm³/mol. The second kappa shape index (κ2) is 8.51. The van der Waals surface area contributed by atoms with Gasteiger partial charge in [-0.05, 0) is 24.6 Å². The molecule has 4 nitrogen and oxygen atoms in total. The molecule has 1 aliphatic rings. The van der Waals surface area contributed by atoms with Crippen LogP contribution in [0.2, 0.25) is 10.0 Å². The van der Waals surface area contributed by atoms with Crippen LogP contribution >= 0.6 is 59.4 Å². The summed E-state index contributed by atoms with van der Waals surface area (Å²) in [5, 5.41) is 3.57. The number of carbonyl (C=O) groups excluding carboxylic acids is 1. The number of carbonyl (C=O) groups is 1. The summed E-state index contributed by atoms with van der Waals surface area (Å²) in [7, 11) is 0. The molecular formula is C14H15Cl4N3OS. The van der Waals surface area contributed by atoms with Crippen molar-refractivity contribution in [3.05, 3.63) is 39.3 Å². The number of hydrogen-bond acceptors (Lipinski definition) is 4. The van der Waals surface area contributed by atoms with Crippen molar-refractivity contribution in [1.29, 1.82) is 0 Å². The molecule has 0 unspecified atom stereocenters. The highest BCUT2D eigenvalue weighted by atomic mass is 35.5. The van der Waals surface area contributed by atoms with Crippen molar-refractivity contribution in [2.75, 3.05) is 13.1 Å². The highest BCUT2D eigenvalue weighted by molar-refractivity contribution is 7.13. The summed E-state index contributed by atoms with van der Waals surface area (Å²) in [5.41, 5.74) is 7.05. The molecule has 0 spiro atoms. The molecule has 2 N–H and O–H groups in total. The van der Waals surface area contributed by atoms with Crippen LogP contribution < -0.4 is 5.73 Å². The van der Waals surface area contributed by atoms with Gasteiger partial charge in [0, 0.05) is 35.1 Å². The number of aromatic nitrogens is 1. The average molecular weight is 415 g/mol. The van der Waals surface area contributed by atoms with Gasteiger partial charge in [0.05, 0.1) is 5.02 Å². The molecule has 0 bridgehead atoms. The zero-order chi connectivity index (χ0) is 15.0. The van der Waals surface area contributed by atoms with Gasteiger partial charge in [-0.1, -0.05) is 23.2 Å². The van der Waals surface area contributed by atoms with Gasteiger partial charge >= 0.3 is 0 Å². The minimum Gasteiger partial charge on any atom is -0.336 e. The first-order valence-electron chi connectivity index (χ1n) is 6.50. The molecule has 2 heterocycles. The van der Waals surface area contributed by atoms with Gasteiger partial charge in [-0.25, -0.2) is 4.98 Å². The summed E-state index contributed by atoms with van der Waals surface area (Å²) in [6.45, 7) is 1.28. The van der Waals surface area contributed by atoms with Crippen molar-refractivity contribution in [3.8, 4) is 10.6 Å². The minimum absolute atomic E-state index is 0. The summed E-state index contributed by atoms with van der Waals surface area (Å²) in [6, 6.07) is 5.30. The van der Waals surface area contributed by atoms with Gasteiger partial charge in [0.1, 0.15) is 10.7 Å². The number of likely N-dealkylation sites (tertiary alicyclic amines) is 1. The molecular weight excluding hydrogens is 400 g/mol. The van der Waals surface area contributed by atoms with E-state index in [0.717, 1.165) is 12.0 Å². The van der Waals surface area contributed by atoms with E-state index in [4.69, 9.17) is 28.9 Å². The maximum absolute atomic E-state index is 12.3. The molecule has 3 rings (SSSR count). The molecule has 126 valence electrons. The Morgan fingerprint density at radius 2 is 2.09 bits per heavy atom. The first-order valence-corrected chi connectivity index (χ1v) is 8.14. The molecule has 1 amide bonds. The number of thiazole rings is 1. The second-order valence-electron chi connectivity index (χ2n) is 4.96. The fourth-order valence-corrected chi connectivity index (χ4v) is 3.68. The topological polar surface area (TPSA) is 59.2 Å². The molecule has 0 radical (unpaired) electrons. The Hall–Kier alpha value is -0.560. The summed E-state index contributed by atoms with van der Waals surface area (Å²) >= 11 is 13.4. The van der Waals surface area contributed by atoms with Crippen molar-refractivity contribution in [1.82, 2.24) is 9.88 Å². The summed E-state index contributed by atoms with van der Waals surface area (Å²) in [4.78, 5) is 18.5. The lowest BCUT2D eigenvalue weighted by atomic mass is 10.2. The maximum Gasteiger partial charge on any atom is 0.273 e. The van der Waals surface area contributed by atoms with Crippen LogP contribution in [0, 0.1) is 0 Å². The number of amides is 1. The largest absolute Gasteiger partial charge is 0.336 e. The fraction of sp³-hybridized carbons (Fsp3) is 0.286. The van der Waals surface area contributed by atoms with Gasteiger partial charge in [-0.3, -0.25) is 4.79 Å². The van der Waals surface area contributed by atoms with E-state index in [1.165, 1.54) is 11.3 Å². The minimum atomic E-state index is -0.0736. The highest BCUT2D eigenvalue weighted by Crippen LogP contribution is 2.32. The number of nitrogens with zero attached hydrogens (tertiary/aromatic N) is 2. The van der Waals surface area contributed by atoms with Crippen LogP contribution in [0.5, 0.6) is 0 Å². The smallest absolute Gasteiger partial charge is 0.273 e. The molecule has 9 heteroatoms. The molecule has 1 fully saturated rings. The number of rotatable bonds is 2. The van der Waals surface area contributed by atoms with E-state index in [0.29, 0.717) is 33.8 Å². The Balaban J connectivity index is 0.00000132. The van der Waals surface area contributed by atoms with E-state index >= 15 is 0 Å². The molecule has 1 aliphatic heterocycles. The molecule has 1 aromatic carbocycles. The lowest BCUT2D eigenvalue weighted by Crippen LogP contribution is -2.32. The Bertz CT molecular complexity index is 694. The Kier molecular flexibility index (Phi) is 7.58. The van der Waals surface area contributed by atoms with Crippen LogP contribution in [-0.4, -0.2) is 34.9 Å². The summed E-state index contributed by atoms with van der Waals surface area (Å²) in [6.07, 6.45) is 0.839. The molecule has 0 aliphatic carbocycles. The predicted octanol–water partition coefficient (Wildman–Crippen LogP) is 4.13. The maximum atomic E-state index is 12.3. The Morgan fingerprint density at radius 3 is 2.70 bits per heavy atom. The standard InChI is InChI=1S/C14H13Cl2N3OS.2ClH/c15-8-1-2-10(11(16)5-8)13-18-12(7-21-13)14(20)19-4-3-9(17)6-19;;/h1-2,5,7,9H,3-4,6,17H2;2*1H/t9-;;/m0../s1. The van der Waals surface area contributed by atoms with E-state index in [1.54, 1.807) is 22.4 Å². The van der Waals surface area contributed by atoms with Crippen LogP contribution in [0.15, 0.2) is 23.6 Å². The van der Waals surface area contributed by atoms with Gasteiger partial charge in [0.25, 0.3) is 5.91 Å². The fourth-order valence-electron chi connectivity index (χ4n) is 2.29. The SMILES string of the molecule is Cl.Cl.N[C@H]1CCN(C(=O)c2csc(-c3ccc(Cl)cc3Cl)n2)C1. The van der Waals surface area contributed by atoms with Crippen molar-refractivity contribution in [2.45, 2.75) is 12.5 Å². The Labute approximate surface area is 160 Å². The first-order chi connectivity index (χ1) is 10.0. The van der Waals surface area contributed by atoms with Gasteiger partial charge in [-0.15, -0.1) is 36.2 Å². The third-order valence-electron chi connectivity index (χ3n) is 3.40. The van der Waals surface area contributed by atoms with Crippen LogP contribution in [-0.2, 0) is 0 Å². The van der Waals surface area contributed by atoms with Crippen molar-refractivity contribution in [3.63, 3.8) is 0 Å². The van der Waals surface area contributed by atoms with Crippen LogP contribution in [0.25, 0.3) is 10.6 Å². The van der Waals surface area contributed by atoms with Crippen LogP contribution in [0.1, 0.15) is 16.9 Å². The molecule has 1 atom stereocenters. The monoisotopic (exact) mass is 413 g/mol.